The van der Waals surface area contributed by atoms with Gasteiger partial charge in [-0.15, -0.1) is 0 Å². The molecule has 2 aromatic carbocycles. The molecule has 2 aromatic rings. The van der Waals surface area contributed by atoms with Crippen molar-refractivity contribution in [3.63, 3.8) is 0 Å². The lowest BCUT2D eigenvalue weighted by Gasteiger charge is -2.39. The Morgan fingerprint density at radius 2 is 1.91 bits per heavy atom. The van der Waals surface area contributed by atoms with E-state index in [1.54, 1.807) is 17.9 Å². The van der Waals surface area contributed by atoms with Crippen molar-refractivity contribution in [2.24, 2.45) is 0 Å². The Kier molecular flexibility index (Phi) is 6.01. The Morgan fingerprint density at radius 3 is 2.50 bits per heavy atom. The minimum absolute atomic E-state index is 0.0360. The Balaban J connectivity index is 1.98. The molecule has 9 heteroatoms. The van der Waals surface area contributed by atoms with Crippen molar-refractivity contribution in [2.45, 2.75) is 39.5 Å². The van der Waals surface area contributed by atoms with E-state index in [-0.39, 0.29) is 27.7 Å². The lowest BCUT2D eigenvalue weighted by molar-refractivity contribution is -0.120. The predicted octanol–water partition coefficient (Wildman–Crippen LogP) is 5.31. The minimum Gasteiger partial charge on any atom is -0.493 e. The molecule has 0 aromatic heterocycles. The highest BCUT2D eigenvalue weighted by Crippen LogP contribution is 2.46. The number of rotatable bonds is 4. The van der Waals surface area contributed by atoms with Gasteiger partial charge in [0.05, 0.1) is 17.6 Å². The van der Waals surface area contributed by atoms with Gasteiger partial charge in [-0.25, -0.2) is 8.78 Å². The number of halogens is 2. The molecule has 0 aliphatic carbocycles. The molecular weight excluding hydrogens is 462 g/mol. The number of thioether (sulfide) groups is 1. The van der Waals surface area contributed by atoms with E-state index in [0.717, 1.165) is 17.7 Å². The first-order valence-corrected chi connectivity index (χ1v) is 11.6. The summed E-state index contributed by atoms with van der Waals surface area (Å²) in [5, 5.41) is 1.51. The smallest absolute Gasteiger partial charge is 0.290 e. The van der Waals surface area contributed by atoms with E-state index in [1.807, 2.05) is 26.8 Å². The Labute approximate surface area is 200 Å². The van der Waals surface area contributed by atoms with Crippen LogP contribution < -0.4 is 15.0 Å². The number of nitrogens with zero attached hydrogens (tertiary/aromatic N) is 1. The normalized spacial score (nSPS) is 18.4. The molecule has 0 radical (unpaired) electrons. The molecule has 3 amide bonds. The zero-order chi connectivity index (χ0) is 24.9. The zero-order valence-electron chi connectivity index (χ0n) is 19.5. The van der Waals surface area contributed by atoms with Gasteiger partial charge in [0.1, 0.15) is 5.82 Å². The summed E-state index contributed by atoms with van der Waals surface area (Å²) in [6.07, 6.45) is 1.49. The number of nitrogens with one attached hydrogen (secondary N) is 1. The Hall–Kier alpha value is -3.20. The van der Waals surface area contributed by atoms with Gasteiger partial charge in [-0.05, 0) is 60.5 Å². The van der Waals surface area contributed by atoms with Gasteiger partial charge in [0, 0.05) is 29.6 Å². The van der Waals surface area contributed by atoms with Gasteiger partial charge in [-0.3, -0.25) is 19.7 Å². The molecule has 1 saturated heterocycles. The first kappa shape index (κ1) is 23.9. The van der Waals surface area contributed by atoms with Crippen molar-refractivity contribution < 1.29 is 27.9 Å². The van der Waals surface area contributed by atoms with Crippen molar-refractivity contribution in [3.05, 3.63) is 51.4 Å². The van der Waals surface area contributed by atoms with Crippen LogP contribution in [0, 0.1) is 18.6 Å². The number of imide groups is 1. The van der Waals surface area contributed by atoms with Crippen LogP contribution in [0.15, 0.2) is 23.1 Å². The fourth-order valence-electron chi connectivity index (χ4n) is 4.52. The number of fused-ring (bicyclic) bond motifs is 1. The second kappa shape index (κ2) is 8.54. The summed E-state index contributed by atoms with van der Waals surface area (Å²) < 4.78 is 36.2. The topological polar surface area (TPSA) is 75.7 Å². The highest BCUT2D eigenvalue weighted by molar-refractivity contribution is 8.18. The Morgan fingerprint density at radius 1 is 1.21 bits per heavy atom. The fraction of sp³-hybridized carbons (Fsp3) is 0.320. The molecule has 1 fully saturated rings. The van der Waals surface area contributed by atoms with Gasteiger partial charge in [0.15, 0.2) is 11.6 Å². The molecule has 4 rings (SSSR count). The number of carbonyl (C=O) groups is 3. The molecule has 2 aliphatic heterocycles. The summed E-state index contributed by atoms with van der Waals surface area (Å²) in [4.78, 5) is 37.8. The molecule has 34 heavy (non-hydrogen) atoms. The zero-order valence-corrected chi connectivity index (χ0v) is 20.3. The van der Waals surface area contributed by atoms with Crippen molar-refractivity contribution in [3.8, 4) is 16.9 Å². The number of benzene rings is 2. The van der Waals surface area contributed by atoms with Crippen LogP contribution in [0.1, 0.15) is 43.9 Å². The lowest BCUT2D eigenvalue weighted by atomic mass is 9.75. The molecule has 6 nitrogen and oxygen atoms in total. The van der Waals surface area contributed by atoms with Crippen LogP contribution >= 0.6 is 11.8 Å². The van der Waals surface area contributed by atoms with E-state index in [4.69, 9.17) is 4.74 Å². The Bertz CT molecular complexity index is 1290. The second-order valence-electron chi connectivity index (χ2n) is 8.91. The van der Waals surface area contributed by atoms with Gasteiger partial charge < -0.3 is 9.64 Å². The highest BCUT2D eigenvalue weighted by atomic mass is 32.2. The van der Waals surface area contributed by atoms with Crippen LogP contribution in [0.4, 0.5) is 19.3 Å². The van der Waals surface area contributed by atoms with Gasteiger partial charge >= 0.3 is 0 Å². The lowest BCUT2D eigenvalue weighted by Crippen LogP contribution is -2.41. The number of methoxy groups -OCH3 is 1. The molecule has 2 aliphatic rings. The number of hydrogen-bond acceptors (Lipinski definition) is 5. The molecule has 0 atom stereocenters. The van der Waals surface area contributed by atoms with E-state index in [2.05, 4.69) is 5.32 Å². The summed E-state index contributed by atoms with van der Waals surface area (Å²) in [5.74, 6) is -2.61. The summed E-state index contributed by atoms with van der Waals surface area (Å²) >= 11 is 0.617. The monoisotopic (exact) mass is 486 g/mol. The molecule has 0 unspecified atom stereocenters. The van der Waals surface area contributed by atoms with Gasteiger partial charge in [0.25, 0.3) is 11.1 Å². The molecule has 1 N–H and O–H groups in total. The first-order chi connectivity index (χ1) is 16.0. The summed E-state index contributed by atoms with van der Waals surface area (Å²) in [5.41, 5.74) is 1.92. The number of aryl methyl sites for hydroxylation is 1. The first-order valence-electron chi connectivity index (χ1n) is 10.7. The van der Waals surface area contributed by atoms with Crippen LogP contribution in [-0.2, 0) is 15.0 Å². The van der Waals surface area contributed by atoms with E-state index in [0.29, 0.717) is 41.5 Å². The van der Waals surface area contributed by atoms with Crippen molar-refractivity contribution in [1.29, 1.82) is 0 Å². The summed E-state index contributed by atoms with van der Waals surface area (Å²) in [6, 6.07) is 4.53. The SMILES string of the molecule is CCN1C(=O)CC(C)(C)c2cc(C)c(-c3c(F)c(C=C4SC(=O)NC4=O)cc(F)c3OC)cc21. The van der Waals surface area contributed by atoms with Crippen molar-refractivity contribution in [2.75, 3.05) is 18.6 Å². The van der Waals surface area contributed by atoms with Gasteiger partial charge in [-0.1, -0.05) is 19.9 Å². The van der Waals surface area contributed by atoms with E-state index >= 15 is 8.78 Å². The largest absolute Gasteiger partial charge is 0.493 e. The van der Waals surface area contributed by atoms with Crippen molar-refractivity contribution >= 4 is 40.6 Å². The molecule has 0 saturated carbocycles. The molecular formula is C25H24F2N2O4S. The summed E-state index contributed by atoms with van der Waals surface area (Å²) in [6.45, 7) is 8.05. The maximum atomic E-state index is 15.9. The van der Waals surface area contributed by atoms with Crippen molar-refractivity contribution in [1.82, 2.24) is 5.32 Å². The van der Waals surface area contributed by atoms with Crippen LogP contribution in [0.3, 0.4) is 0 Å². The maximum absolute atomic E-state index is 15.9. The quantitative estimate of drug-likeness (QED) is 0.593. The van der Waals surface area contributed by atoms with E-state index < -0.39 is 28.2 Å². The van der Waals surface area contributed by atoms with Crippen LogP contribution in [0.25, 0.3) is 17.2 Å². The number of ether oxygens (including phenoxy) is 1. The molecule has 0 bridgehead atoms. The minimum atomic E-state index is -0.818. The average molecular weight is 487 g/mol. The van der Waals surface area contributed by atoms with Crippen LogP contribution in [0.5, 0.6) is 5.75 Å². The highest BCUT2D eigenvalue weighted by Gasteiger charge is 2.37. The van der Waals surface area contributed by atoms with Gasteiger partial charge in [-0.2, -0.15) is 0 Å². The molecule has 0 spiro atoms. The fourth-order valence-corrected chi connectivity index (χ4v) is 5.19. The second-order valence-corrected chi connectivity index (χ2v) is 9.92. The van der Waals surface area contributed by atoms with Gasteiger partial charge in [0.2, 0.25) is 5.91 Å². The average Bonchev–Trinajstić information content (AvgIpc) is 3.07. The third kappa shape index (κ3) is 3.87. The maximum Gasteiger partial charge on any atom is 0.290 e. The standard InChI is InChI=1S/C25H24F2N2O4S/c1-6-29-17-10-14(12(2)7-15(17)25(3,4)11-19(29)30)20-21(27)13(8-16(26)22(20)33-5)9-18-23(31)28-24(32)34-18/h7-10H,6,11H2,1-5H3,(H,28,31,32). The molecule has 2 heterocycles. The van der Waals surface area contributed by atoms with E-state index in [9.17, 15) is 14.4 Å². The van der Waals surface area contributed by atoms with E-state index in [1.165, 1.54) is 7.11 Å². The third-order valence-corrected chi connectivity index (χ3v) is 6.98. The number of anilines is 1. The number of carbonyl (C=O) groups excluding carboxylic acids is 3. The number of hydrogen-bond donors (Lipinski definition) is 1. The van der Waals surface area contributed by atoms with Crippen LogP contribution in [0.2, 0.25) is 0 Å². The molecule has 178 valence electrons. The summed E-state index contributed by atoms with van der Waals surface area (Å²) in [7, 11) is 1.25. The predicted molar refractivity (Wildman–Crippen MR) is 128 cm³/mol. The third-order valence-electron chi connectivity index (χ3n) is 6.17. The number of amides is 3. The van der Waals surface area contributed by atoms with Crippen LogP contribution in [-0.4, -0.2) is 30.7 Å².